The molecule has 58 heavy (non-hydrogen) atoms. The quantitative estimate of drug-likeness (QED) is 0.235. The van der Waals surface area contributed by atoms with Gasteiger partial charge in [0.25, 0.3) is 5.91 Å². The Morgan fingerprint density at radius 1 is 0.931 bits per heavy atom. The molecule has 15 nitrogen and oxygen atoms in total. The van der Waals surface area contributed by atoms with Crippen LogP contribution in [0.5, 0.6) is 5.75 Å². The molecule has 3 N–H and O–H groups in total. The molecule has 308 valence electrons. The second-order valence-electron chi connectivity index (χ2n) is 16.4. The third kappa shape index (κ3) is 8.46. The van der Waals surface area contributed by atoms with Crippen LogP contribution in [-0.4, -0.2) is 116 Å². The van der Waals surface area contributed by atoms with Gasteiger partial charge in [0.1, 0.15) is 17.5 Å². The summed E-state index contributed by atoms with van der Waals surface area (Å²) < 4.78 is 5.71. The van der Waals surface area contributed by atoms with Crippen LogP contribution in [0.1, 0.15) is 86.6 Å². The van der Waals surface area contributed by atoms with Crippen LogP contribution in [0.3, 0.4) is 0 Å². The number of likely N-dealkylation sites (N-methyl/N-ethyl adjacent to an activating group) is 1. The lowest BCUT2D eigenvalue weighted by Gasteiger charge is -2.42. The molecule has 2 aromatic carbocycles. The number of piperazine rings is 1. The molecule has 4 fully saturated rings. The molecule has 4 amide bonds. The average molecular weight is 793 g/mol. The highest BCUT2D eigenvalue weighted by Crippen LogP contribution is 2.40. The molecule has 15 heteroatoms. The number of hydrogen-bond acceptors (Lipinski definition) is 12. The minimum Gasteiger partial charge on any atom is -0.495 e. The highest BCUT2D eigenvalue weighted by Gasteiger charge is 2.40. The van der Waals surface area contributed by atoms with Crippen molar-refractivity contribution in [1.29, 1.82) is 0 Å². The van der Waals surface area contributed by atoms with Gasteiger partial charge in [-0.25, -0.2) is 9.99 Å². The third-order valence-corrected chi connectivity index (χ3v) is 12.9. The average Bonchev–Trinajstić information content (AvgIpc) is 3.78. The van der Waals surface area contributed by atoms with E-state index in [2.05, 4.69) is 47.9 Å². The molecular formula is C43H56N10O5. The zero-order valence-corrected chi connectivity index (χ0v) is 33.9. The van der Waals surface area contributed by atoms with Gasteiger partial charge >= 0.3 is 0 Å². The number of amides is 4. The molecule has 1 aromatic heterocycles. The number of hydrogen-bond donors (Lipinski definition) is 3. The Labute approximate surface area is 340 Å². The van der Waals surface area contributed by atoms with Crippen molar-refractivity contribution < 1.29 is 23.9 Å². The number of carbonyl (C=O) groups excluding carboxylic acids is 4. The van der Waals surface area contributed by atoms with E-state index in [-0.39, 0.29) is 41.6 Å². The first kappa shape index (κ1) is 39.5. The number of ether oxygens (including phenoxy) is 1. The van der Waals surface area contributed by atoms with Gasteiger partial charge in [0.15, 0.2) is 5.82 Å². The Balaban J connectivity index is 0.786. The van der Waals surface area contributed by atoms with Crippen LogP contribution in [0.15, 0.2) is 48.7 Å². The molecule has 5 heterocycles. The van der Waals surface area contributed by atoms with Gasteiger partial charge < -0.3 is 29.7 Å². The fourth-order valence-corrected chi connectivity index (χ4v) is 9.35. The van der Waals surface area contributed by atoms with Crippen molar-refractivity contribution >= 4 is 52.5 Å². The van der Waals surface area contributed by atoms with E-state index in [4.69, 9.17) is 9.72 Å². The van der Waals surface area contributed by atoms with Gasteiger partial charge in [-0.1, -0.05) is 25.0 Å². The van der Waals surface area contributed by atoms with E-state index in [0.717, 1.165) is 95.7 Å². The number of imide groups is 1. The lowest BCUT2D eigenvalue weighted by atomic mass is 9.90. The lowest BCUT2D eigenvalue weighted by Crippen LogP contribution is -2.54. The van der Waals surface area contributed by atoms with Crippen LogP contribution in [0.25, 0.3) is 0 Å². The van der Waals surface area contributed by atoms with Crippen molar-refractivity contribution in [3.8, 4) is 5.75 Å². The van der Waals surface area contributed by atoms with Crippen LogP contribution in [0.4, 0.5) is 28.8 Å². The summed E-state index contributed by atoms with van der Waals surface area (Å²) in [4.78, 5) is 68.4. The number of nitrogens with one attached hydrogen (secondary N) is 3. The predicted molar refractivity (Wildman–Crippen MR) is 223 cm³/mol. The highest BCUT2D eigenvalue weighted by atomic mass is 16.5. The van der Waals surface area contributed by atoms with Crippen LogP contribution in [0, 0.1) is 5.92 Å². The molecule has 1 aliphatic carbocycles. The molecule has 1 saturated carbocycles. The number of benzene rings is 2. The van der Waals surface area contributed by atoms with Crippen LogP contribution >= 0.6 is 0 Å². The molecular weight excluding hydrogens is 737 g/mol. The summed E-state index contributed by atoms with van der Waals surface area (Å²) in [6.07, 6.45) is 10.5. The standard InChI is InChI=1S/C43H56N10O5/c1-28-42(57)49(2)36-27-44-43(47-39(36)53(28)33-6-4-5-7-33)45-35-14-10-31(26-37(35)58-3)40(55)48-52-24-22-50(23-25-52)19-16-29-17-20-51(21-18-29)32-11-8-30(9-12-32)34-13-15-38(54)46-41(34)56/h8-12,14,26-29,33-34H,4-7,13,15-25H2,1-3H3,(H,48,55)(H,44,45,47)(H,46,54,56)/t28-,34?/m1/s1. The maximum atomic E-state index is 13.4. The summed E-state index contributed by atoms with van der Waals surface area (Å²) in [5, 5.41) is 7.75. The van der Waals surface area contributed by atoms with E-state index in [9.17, 15) is 19.2 Å². The molecule has 0 bridgehead atoms. The van der Waals surface area contributed by atoms with Gasteiger partial charge in [0.05, 0.1) is 24.9 Å². The number of rotatable bonds is 11. The van der Waals surface area contributed by atoms with Crippen molar-refractivity contribution in [3.63, 3.8) is 0 Å². The van der Waals surface area contributed by atoms with Gasteiger partial charge in [-0.05, 0) is 93.8 Å². The first-order valence-corrected chi connectivity index (χ1v) is 21.0. The Hall–Kier alpha value is -5.28. The third-order valence-electron chi connectivity index (χ3n) is 12.9. The molecule has 2 atom stereocenters. The molecule has 5 aliphatic rings. The van der Waals surface area contributed by atoms with E-state index in [1.807, 2.05) is 30.1 Å². The van der Waals surface area contributed by atoms with Gasteiger partial charge in [-0.3, -0.25) is 29.9 Å². The molecule has 4 aliphatic heterocycles. The topological polar surface area (TPSA) is 156 Å². The van der Waals surface area contributed by atoms with E-state index < -0.39 is 0 Å². The van der Waals surface area contributed by atoms with E-state index in [0.29, 0.717) is 47.4 Å². The Bertz CT molecular complexity index is 1990. The van der Waals surface area contributed by atoms with Crippen LogP contribution in [-0.2, 0) is 14.4 Å². The summed E-state index contributed by atoms with van der Waals surface area (Å²) in [6.45, 7) is 8.34. The summed E-state index contributed by atoms with van der Waals surface area (Å²) in [5.74, 6) is 1.56. The molecule has 3 saturated heterocycles. The SMILES string of the molecule is COc1cc(C(=O)NN2CCN(CCC3CCN(c4ccc(C5CCC(=O)NC5=O)cc4)CC3)CC2)ccc1Nc1ncc2c(n1)N(C1CCCC1)[C@H](C)C(=O)N2C. The minimum absolute atomic E-state index is 0.0420. The van der Waals surface area contributed by atoms with Crippen molar-refractivity contribution in [2.75, 3.05) is 80.0 Å². The number of carbonyl (C=O) groups is 4. The maximum absolute atomic E-state index is 13.4. The fraction of sp³-hybridized carbons (Fsp3) is 0.535. The number of methoxy groups -OCH3 is 1. The van der Waals surface area contributed by atoms with Crippen molar-refractivity contribution in [3.05, 3.63) is 59.8 Å². The lowest BCUT2D eigenvalue weighted by molar-refractivity contribution is -0.134. The zero-order chi connectivity index (χ0) is 40.3. The first-order chi connectivity index (χ1) is 28.1. The molecule has 0 radical (unpaired) electrons. The van der Waals surface area contributed by atoms with Crippen molar-refractivity contribution in [2.45, 2.75) is 82.7 Å². The fourth-order valence-electron chi connectivity index (χ4n) is 9.35. The van der Waals surface area contributed by atoms with E-state index in [1.165, 1.54) is 12.1 Å². The number of aromatic nitrogens is 2. The van der Waals surface area contributed by atoms with Gasteiger partial charge in [0.2, 0.25) is 23.7 Å². The second-order valence-corrected chi connectivity index (χ2v) is 16.4. The summed E-state index contributed by atoms with van der Waals surface area (Å²) in [7, 11) is 3.35. The zero-order valence-electron chi connectivity index (χ0n) is 33.9. The van der Waals surface area contributed by atoms with Gasteiger partial charge in [0, 0.05) is 70.0 Å². The number of hydrazine groups is 1. The monoisotopic (exact) mass is 792 g/mol. The Kier molecular flexibility index (Phi) is 11.8. The molecule has 8 rings (SSSR count). The Morgan fingerprint density at radius 3 is 2.38 bits per heavy atom. The predicted octanol–water partition coefficient (Wildman–Crippen LogP) is 4.43. The number of fused-ring (bicyclic) bond motifs is 1. The number of piperidine rings is 2. The number of anilines is 5. The minimum atomic E-state index is -0.304. The number of nitrogens with zero attached hydrogens (tertiary/aromatic N) is 7. The summed E-state index contributed by atoms with van der Waals surface area (Å²) >= 11 is 0. The summed E-state index contributed by atoms with van der Waals surface area (Å²) in [5.41, 5.74) is 7.09. The second kappa shape index (κ2) is 17.3. The van der Waals surface area contributed by atoms with Crippen LogP contribution < -0.4 is 35.5 Å². The van der Waals surface area contributed by atoms with Crippen molar-refractivity contribution in [1.82, 2.24) is 30.6 Å². The normalized spacial score (nSPS) is 22.5. The Morgan fingerprint density at radius 2 is 1.67 bits per heavy atom. The highest BCUT2D eigenvalue weighted by molar-refractivity contribution is 6.04. The molecule has 0 spiro atoms. The largest absolute Gasteiger partial charge is 0.495 e. The van der Waals surface area contributed by atoms with Crippen LogP contribution in [0.2, 0.25) is 0 Å². The van der Waals surface area contributed by atoms with Gasteiger partial charge in [-0.2, -0.15) is 4.98 Å². The maximum Gasteiger partial charge on any atom is 0.265 e. The molecule has 1 unspecified atom stereocenters. The smallest absolute Gasteiger partial charge is 0.265 e. The first-order valence-electron chi connectivity index (χ1n) is 21.0. The van der Waals surface area contributed by atoms with Gasteiger partial charge in [-0.15, -0.1) is 0 Å². The summed E-state index contributed by atoms with van der Waals surface area (Å²) in [6, 6.07) is 13.6. The molecule has 3 aromatic rings. The van der Waals surface area contributed by atoms with E-state index in [1.54, 1.807) is 37.4 Å². The van der Waals surface area contributed by atoms with Crippen molar-refractivity contribution in [2.24, 2.45) is 5.92 Å². The van der Waals surface area contributed by atoms with E-state index >= 15 is 0 Å².